The van der Waals surface area contributed by atoms with E-state index >= 15 is 0 Å². The van der Waals surface area contributed by atoms with Crippen molar-refractivity contribution in [2.75, 3.05) is 0 Å². The number of para-hydroxylation sites is 1. The highest BCUT2D eigenvalue weighted by atomic mass is 16.3. The Balaban J connectivity index is 1.02. The van der Waals surface area contributed by atoms with Crippen molar-refractivity contribution >= 4 is 87.2 Å². The standard InChI is InChI=1S/C53H30N4O2/c1-2-12-32(13-3-1)51-54-52(35-22-26-46-41(28-35)38-17-8-9-19-45(38)58-46)56-53(55-51)40-18-10-20-47-50(40)39-24-23-36(30-48(39)59-47)57-43-25-21-31-11-6-7-16-37(31)49(43)42-27-33-14-4-5-15-34(33)29-44(42)57/h1-30H. The largest absolute Gasteiger partial charge is 0.456 e. The molecule has 0 fully saturated rings. The summed E-state index contributed by atoms with van der Waals surface area (Å²) in [5, 5.41) is 11.4. The first-order chi connectivity index (χ1) is 29.2. The molecule has 0 unspecified atom stereocenters. The fourth-order valence-electron chi connectivity index (χ4n) is 9.10. The third-order valence-corrected chi connectivity index (χ3v) is 11.8. The van der Waals surface area contributed by atoms with E-state index in [-0.39, 0.29) is 0 Å². The van der Waals surface area contributed by atoms with Gasteiger partial charge in [-0.3, -0.25) is 0 Å². The van der Waals surface area contributed by atoms with Gasteiger partial charge in [0.05, 0.1) is 11.0 Å². The number of rotatable bonds is 4. The lowest BCUT2D eigenvalue weighted by molar-refractivity contribution is 0.668. The van der Waals surface area contributed by atoms with Crippen LogP contribution in [0.4, 0.5) is 0 Å². The predicted octanol–water partition coefficient (Wildman–Crippen LogP) is 14.1. The molecule has 0 aliphatic carbocycles. The van der Waals surface area contributed by atoms with E-state index in [0.717, 1.165) is 77.3 Å². The van der Waals surface area contributed by atoms with E-state index < -0.39 is 0 Å². The van der Waals surface area contributed by atoms with Gasteiger partial charge in [0.2, 0.25) is 0 Å². The molecule has 0 bridgehead atoms. The maximum atomic E-state index is 6.73. The number of benzene rings is 9. The van der Waals surface area contributed by atoms with E-state index in [4.69, 9.17) is 23.8 Å². The van der Waals surface area contributed by atoms with E-state index in [9.17, 15) is 0 Å². The van der Waals surface area contributed by atoms with Crippen LogP contribution in [0.1, 0.15) is 0 Å². The van der Waals surface area contributed by atoms with Gasteiger partial charge in [-0.05, 0) is 82.2 Å². The molecule has 13 rings (SSSR count). The number of hydrogen-bond donors (Lipinski definition) is 0. The van der Waals surface area contributed by atoms with Gasteiger partial charge < -0.3 is 13.4 Å². The van der Waals surface area contributed by atoms with Gasteiger partial charge in [0.25, 0.3) is 0 Å². The molecule has 0 saturated carbocycles. The van der Waals surface area contributed by atoms with Crippen LogP contribution in [0.3, 0.4) is 0 Å². The van der Waals surface area contributed by atoms with Crippen molar-refractivity contribution in [2.45, 2.75) is 0 Å². The van der Waals surface area contributed by atoms with E-state index in [1.165, 1.54) is 32.3 Å². The first-order valence-electron chi connectivity index (χ1n) is 19.8. The lowest BCUT2D eigenvalue weighted by Crippen LogP contribution is -2.00. The molecule has 4 aromatic heterocycles. The zero-order valence-electron chi connectivity index (χ0n) is 31.4. The minimum Gasteiger partial charge on any atom is -0.456 e. The SMILES string of the molecule is c1ccc(-c2nc(-c3ccc4oc5ccccc5c4c3)nc(-c3cccc4oc5cc(-n6c7cc8ccccc8cc7c7c8ccccc8ccc76)ccc5c34)n2)cc1. The van der Waals surface area contributed by atoms with Gasteiger partial charge >= 0.3 is 0 Å². The van der Waals surface area contributed by atoms with Gasteiger partial charge in [0.1, 0.15) is 22.3 Å². The van der Waals surface area contributed by atoms with Gasteiger partial charge in [-0.15, -0.1) is 0 Å². The van der Waals surface area contributed by atoms with Crippen molar-refractivity contribution in [3.05, 3.63) is 182 Å². The Morgan fingerprint density at radius 1 is 0.339 bits per heavy atom. The molecule has 0 N–H and O–H groups in total. The van der Waals surface area contributed by atoms with Crippen LogP contribution >= 0.6 is 0 Å². The molecule has 0 radical (unpaired) electrons. The molecule has 274 valence electrons. The van der Waals surface area contributed by atoms with Crippen LogP contribution in [0.15, 0.2) is 191 Å². The number of hydrogen-bond acceptors (Lipinski definition) is 5. The molecule has 6 heteroatoms. The minimum atomic E-state index is 0.574. The molecular formula is C53H30N4O2. The Hall–Kier alpha value is -8.09. The fourth-order valence-corrected chi connectivity index (χ4v) is 9.10. The highest BCUT2D eigenvalue weighted by molar-refractivity contribution is 6.23. The van der Waals surface area contributed by atoms with Crippen LogP contribution in [0.25, 0.3) is 127 Å². The van der Waals surface area contributed by atoms with Crippen molar-refractivity contribution < 1.29 is 8.83 Å². The molecule has 13 aromatic rings. The summed E-state index contributed by atoms with van der Waals surface area (Å²) in [6.45, 7) is 0. The second kappa shape index (κ2) is 12.2. The normalized spacial score (nSPS) is 12.1. The summed E-state index contributed by atoms with van der Waals surface area (Å²) in [6.07, 6.45) is 0. The summed E-state index contributed by atoms with van der Waals surface area (Å²) in [5.41, 5.74) is 9.22. The predicted molar refractivity (Wildman–Crippen MR) is 240 cm³/mol. The van der Waals surface area contributed by atoms with Gasteiger partial charge in [-0.1, -0.05) is 115 Å². The van der Waals surface area contributed by atoms with E-state index in [1.54, 1.807) is 0 Å². The summed E-state index contributed by atoms with van der Waals surface area (Å²) in [6, 6.07) is 63.4. The number of nitrogens with zero attached hydrogens (tertiary/aromatic N) is 4. The number of aromatic nitrogens is 4. The minimum absolute atomic E-state index is 0.574. The average molecular weight is 755 g/mol. The van der Waals surface area contributed by atoms with E-state index in [1.807, 2.05) is 72.8 Å². The molecule has 4 heterocycles. The molecule has 0 amide bonds. The number of furan rings is 2. The van der Waals surface area contributed by atoms with Crippen LogP contribution in [-0.4, -0.2) is 19.5 Å². The second-order valence-corrected chi connectivity index (χ2v) is 15.2. The molecule has 0 aliphatic heterocycles. The highest BCUT2D eigenvalue weighted by Gasteiger charge is 2.21. The van der Waals surface area contributed by atoms with Crippen molar-refractivity contribution in [1.82, 2.24) is 19.5 Å². The zero-order chi connectivity index (χ0) is 38.6. The highest BCUT2D eigenvalue weighted by Crippen LogP contribution is 2.42. The van der Waals surface area contributed by atoms with Gasteiger partial charge in [0, 0.05) is 60.8 Å². The Kier molecular flexibility index (Phi) is 6.63. The summed E-state index contributed by atoms with van der Waals surface area (Å²) in [4.78, 5) is 15.4. The van der Waals surface area contributed by atoms with Crippen molar-refractivity contribution in [2.24, 2.45) is 0 Å². The number of fused-ring (bicyclic) bond motifs is 12. The van der Waals surface area contributed by atoms with Crippen LogP contribution < -0.4 is 0 Å². The quantitative estimate of drug-likeness (QED) is 0.179. The second-order valence-electron chi connectivity index (χ2n) is 15.2. The van der Waals surface area contributed by atoms with Crippen LogP contribution in [0.5, 0.6) is 0 Å². The van der Waals surface area contributed by atoms with Gasteiger partial charge in [-0.2, -0.15) is 0 Å². The Bertz CT molecular complexity index is 3860. The van der Waals surface area contributed by atoms with Crippen molar-refractivity contribution in [3.63, 3.8) is 0 Å². The molecule has 9 aromatic carbocycles. The van der Waals surface area contributed by atoms with Crippen molar-refractivity contribution in [1.29, 1.82) is 0 Å². The van der Waals surface area contributed by atoms with E-state index in [2.05, 4.69) is 114 Å². The Morgan fingerprint density at radius 2 is 1.03 bits per heavy atom. The van der Waals surface area contributed by atoms with E-state index in [0.29, 0.717) is 17.5 Å². The van der Waals surface area contributed by atoms with Crippen LogP contribution in [0.2, 0.25) is 0 Å². The first-order valence-corrected chi connectivity index (χ1v) is 19.8. The maximum absolute atomic E-state index is 6.73. The van der Waals surface area contributed by atoms with Crippen LogP contribution in [-0.2, 0) is 0 Å². The van der Waals surface area contributed by atoms with Gasteiger partial charge in [0.15, 0.2) is 17.5 Å². The monoisotopic (exact) mass is 754 g/mol. The van der Waals surface area contributed by atoms with Crippen molar-refractivity contribution in [3.8, 4) is 39.9 Å². The Morgan fingerprint density at radius 3 is 1.92 bits per heavy atom. The molecule has 0 saturated heterocycles. The fraction of sp³-hybridized carbons (Fsp3) is 0. The Labute approximate surface area is 336 Å². The topological polar surface area (TPSA) is 69.9 Å². The lowest BCUT2D eigenvalue weighted by Gasteiger charge is -2.10. The lowest BCUT2D eigenvalue weighted by atomic mass is 10.0. The molecule has 6 nitrogen and oxygen atoms in total. The summed E-state index contributed by atoms with van der Waals surface area (Å²) in [5.74, 6) is 1.75. The summed E-state index contributed by atoms with van der Waals surface area (Å²) < 4.78 is 15.3. The molecule has 0 spiro atoms. The summed E-state index contributed by atoms with van der Waals surface area (Å²) >= 11 is 0. The first kappa shape index (κ1) is 32.0. The van der Waals surface area contributed by atoms with Gasteiger partial charge in [-0.25, -0.2) is 15.0 Å². The van der Waals surface area contributed by atoms with Crippen LogP contribution in [0, 0.1) is 0 Å². The zero-order valence-corrected chi connectivity index (χ0v) is 31.4. The summed E-state index contributed by atoms with van der Waals surface area (Å²) in [7, 11) is 0. The maximum Gasteiger partial charge on any atom is 0.164 e. The third kappa shape index (κ3) is 4.84. The molecular weight excluding hydrogens is 725 g/mol. The average Bonchev–Trinajstić information content (AvgIpc) is 3.97. The molecule has 59 heavy (non-hydrogen) atoms. The smallest absolute Gasteiger partial charge is 0.164 e. The molecule has 0 atom stereocenters. The third-order valence-electron chi connectivity index (χ3n) is 11.8. The molecule has 0 aliphatic rings.